The minimum atomic E-state index is -0.195. The molecule has 1 aliphatic heterocycles. The summed E-state index contributed by atoms with van der Waals surface area (Å²) >= 11 is 0. The summed E-state index contributed by atoms with van der Waals surface area (Å²) in [5, 5.41) is 3.38. The molecule has 2 heteroatoms. The zero-order chi connectivity index (χ0) is 12.5. The first-order valence-corrected chi connectivity index (χ1v) is 6.58. The second-order valence-corrected chi connectivity index (χ2v) is 4.86. The molecule has 0 unspecified atom stereocenters. The Morgan fingerprint density at radius 3 is 2.76 bits per heavy atom. The minimum Gasteiger partial charge on any atom is -0.317 e. The van der Waals surface area contributed by atoms with Crippen molar-refractivity contribution in [2.45, 2.75) is 39.0 Å². The normalized spacial score (nSPS) is 19.4. The molecule has 96 valence electrons. The van der Waals surface area contributed by atoms with Crippen LogP contribution in [0.4, 0.5) is 4.39 Å². The maximum Gasteiger partial charge on any atom is 0.123 e. The summed E-state index contributed by atoms with van der Waals surface area (Å²) < 4.78 is 13.1. The highest BCUT2D eigenvalue weighted by molar-refractivity contribution is 5.20. The summed E-state index contributed by atoms with van der Waals surface area (Å²) in [7, 11) is 0. The fraction of sp³-hybridized carbons (Fsp3) is 0.600. The lowest BCUT2D eigenvalue weighted by atomic mass is 9.92. The van der Waals surface area contributed by atoms with Crippen LogP contribution in [0, 0.1) is 5.92 Å². The Hall–Kier alpha value is -0.890. The number of hydrogen-bond donors (Lipinski definition) is 1. The third-order valence-corrected chi connectivity index (χ3v) is 3.30. The first-order valence-electron chi connectivity index (χ1n) is 6.58. The lowest BCUT2D eigenvalue weighted by Gasteiger charge is -2.22. The summed E-state index contributed by atoms with van der Waals surface area (Å²) in [6, 6.07) is 0. The Balaban J connectivity index is 2.20. The van der Waals surface area contributed by atoms with Crippen LogP contribution in [0.5, 0.6) is 0 Å². The van der Waals surface area contributed by atoms with Crippen molar-refractivity contribution < 1.29 is 4.39 Å². The molecule has 0 aromatic rings. The fourth-order valence-corrected chi connectivity index (χ4v) is 2.31. The average Bonchev–Trinajstić information content (AvgIpc) is 2.30. The molecular weight excluding hydrogens is 213 g/mol. The fourth-order valence-electron chi connectivity index (χ4n) is 2.31. The van der Waals surface area contributed by atoms with E-state index >= 15 is 0 Å². The van der Waals surface area contributed by atoms with Gasteiger partial charge in [-0.05, 0) is 63.8 Å². The predicted octanol–water partition coefficient (Wildman–Crippen LogP) is 4.14. The Bertz CT molecular complexity index is 285. The molecule has 1 fully saturated rings. The van der Waals surface area contributed by atoms with Crippen molar-refractivity contribution in [3.8, 4) is 0 Å². The average molecular weight is 237 g/mol. The first-order chi connectivity index (χ1) is 8.22. The summed E-state index contributed by atoms with van der Waals surface area (Å²) in [5.74, 6) is 0.678. The van der Waals surface area contributed by atoms with Crippen LogP contribution in [0.3, 0.4) is 0 Å². The second kappa shape index (κ2) is 8.24. The van der Waals surface area contributed by atoms with E-state index in [4.69, 9.17) is 0 Å². The molecule has 0 amide bonds. The van der Waals surface area contributed by atoms with Gasteiger partial charge in [0, 0.05) is 0 Å². The summed E-state index contributed by atoms with van der Waals surface area (Å²) in [6.07, 6.45) is 10.5. The standard InChI is InChI=1S/C15H24FN/c1-3-5-15(16)12-13(2)6-4-7-14-8-10-17-11-9-14/h3,5,12,14,17H,1,4,6-11H2,2H3/b13-12+,15-5+. The number of halogens is 1. The molecule has 1 nitrogen and oxygen atoms in total. The van der Waals surface area contributed by atoms with Gasteiger partial charge in [0.15, 0.2) is 0 Å². The Kier molecular flexibility index (Phi) is 6.87. The first kappa shape index (κ1) is 14.2. The molecule has 0 bridgehead atoms. The number of allylic oxidation sites excluding steroid dienone is 5. The Morgan fingerprint density at radius 1 is 1.41 bits per heavy atom. The SMILES string of the molecule is C=C/C=C(F)\C=C(/C)CCCC1CCNCC1. The van der Waals surface area contributed by atoms with Crippen molar-refractivity contribution >= 4 is 0 Å². The van der Waals surface area contributed by atoms with Gasteiger partial charge in [-0.3, -0.25) is 0 Å². The van der Waals surface area contributed by atoms with Gasteiger partial charge in [-0.2, -0.15) is 0 Å². The van der Waals surface area contributed by atoms with Gasteiger partial charge in [-0.1, -0.05) is 24.6 Å². The molecule has 0 aliphatic carbocycles. The van der Waals surface area contributed by atoms with Gasteiger partial charge in [0.05, 0.1) is 0 Å². The van der Waals surface area contributed by atoms with Crippen LogP contribution in [0.25, 0.3) is 0 Å². The molecule has 1 aliphatic rings. The van der Waals surface area contributed by atoms with Gasteiger partial charge in [0.1, 0.15) is 5.83 Å². The third kappa shape index (κ3) is 6.42. The molecule has 0 aromatic carbocycles. The molecule has 1 N–H and O–H groups in total. The summed E-state index contributed by atoms with van der Waals surface area (Å²) in [4.78, 5) is 0. The van der Waals surface area contributed by atoms with E-state index in [9.17, 15) is 4.39 Å². The van der Waals surface area contributed by atoms with E-state index in [0.29, 0.717) is 0 Å². The van der Waals surface area contributed by atoms with Crippen molar-refractivity contribution in [1.82, 2.24) is 5.32 Å². The molecular formula is C15H24FN. The van der Waals surface area contributed by atoms with Crippen molar-refractivity contribution in [2.24, 2.45) is 5.92 Å². The van der Waals surface area contributed by atoms with Gasteiger partial charge in [-0.25, -0.2) is 4.39 Å². The van der Waals surface area contributed by atoms with E-state index in [1.165, 1.54) is 37.8 Å². The van der Waals surface area contributed by atoms with Crippen LogP contribution in [0.1, 0.15) is 39.0 Å². The number of piperidine rings is 1. The van der Waals surface area contributed by atoms with E-state index in [1.54, 1.807) is 6.08 Å². The van der Waals surface area contributed by atoms with Crippen LogP contribution in [-0.4, -0.2) is 13.1 Å². The highest BCUT2D eigenvalue weighted by Gasteiger charge is 2.11. The number of rotatable bonds is 6. The molecule has 0 aromatic heterocycles. The molecule has 1 heterocycles. The molecule has 0 radical (unpaired) electrons. The van der Waals surface area contributed by atoms with Gasteiger partial charge < -0.3 is 5.32 Å². The topological polar surface area (TPSA) is 12.0 Å². The smallest absolute Gasteiger partial charge is 0.123 e. The van der Waals surface area contributed by atoms with E-state index in [0.717, 1.165) is 31.0 Å². The van der Waals surface area contributed by atoms with Crippen LogP contribution < -0.4 is 5.32 Å². The largest absolute Gasteiger partial charge is 0.317 e. The molecule has 0 saturated carbocycles. The van der Waals surface area contributed by atoms with Crippen molar-refractivity contribution in [2.75, 3.05) is 13.1 Å². The Labute approximate surface area is 104 Å². The third-order valence-electron chi connectivity index (χ3n) is 3.30. The van der Waals surface area contributed by atoms with E-state index in [-0.39, 0.29) is 5.83 Å². The molecule has 17 heavy (non-hydrogen) atoms. The van der Waals surface area contributed by atoms with Crippen LogP contribution in [0.15, 0.2) is 36.2 Å². The van der Waals surface area contributed by atoms with Gasteiger partial charge in [0.25, 0.3) is 0 Å². The van der Waals surface area contributed by atoms with Crippen molar-refractivity contribution in [1.29, 1.82) is 0 Å². The predicted molar refractivity (Wildman–Crippen MR) is 72.6 cm³/mol. The highest BCUT2D eigenvalue weighted by atomic mass is 19.1. The summed E-state index contributed by atoms with van der Waals surface area (Å²) in [6.45, 7) is 7.80. The van der Waals surface area contributed by atoms with Gasteiger partial charge in [0.2, 0.25) is 0 Å². The zero-order valence-electron chi connectivity index (χ0n) is 10.8. The molecule has 0 spiro atoms. The van der Waals surface area contributed by atoms with Crippen LogP contribution in [-0.2, 0) is 0 Å². The van der Waals surface area contributed by atoms with Gasteiger partial charge in [-0.15, -0.1) is 0 Å². The minimum absolute atomic E-state index is 0.195. The highest BCUT2D eigenvalue weighted by Crippen LogP contribution is 2.20. The van der Waals surface area contributed by atoms with E-state index in [1.807, 2.05) is 6.92 Å². The zero-order valence-corrected chi connectivity index (χ0v) is 10.8. The summed E-state index contributed by atoms with van der Waals surface area (Å²) in [5.41, 5.74) is 1.12. The Morgan fingerprint density at radius 2 is 2.12 bits per heavy atom. The van der Waals surface area contributed by atoms with E-state index < -0.39 is 0 Å². The molecule has 1 rings (SSSR count). The monoisotopic (exact) mass is 237 g/mol. The van der Waals surface area contributed by atoms with Crippen molar-refractivity contribution in [3.05, 3.63) is 36.2 Å². The van der Waals surface area contributed by atoms with Crippen LogP contribution >= 0.6 is 0 Å². The second-order valence-electron chi connectivity index (χ2n) is 4.86. The van der Waals surface area contributed by atoms with Gasteiger partial charge >= 0.3 is 0 Å². The number of nitrogens with one attached hydrogen (secondary N) is 1. The number of hydrogen-bond acceptors (Lipinski definition) is 1. The quantitative estimate of drug-likeness (QED) is 0.684. The van der Waals surface area contributed by atoms with Crippen molar-refractivity contribution in [3.63, 3.8) is 0 Å². The van der Waals surface area contributed by atoms with Crippen LogP contribution in [0.2, 0.25) is 0 Å². The molecule has 1 saturated heterocycles. The lowest BCUT2D eigenvalue weighted by molar-refractivity contribution is 0.347. The molecule has 0 atom stereocenters. The lowest BCUT2D eigenvalue weighted by Crippen LogP contribution is -2.27. The maximum absolute atomic E-state index is 13.1. The van der Waals surface area contributed by atoms with E-state index in [2.05, 4.69) is 11.9 Å². The maximum atomic E-state index is 13.1.